The molecule has 1 saturated carbocycles. The highest BCUT2D eigenvalue weighted by Crippen LogP contribution is 2.35. The minimum absolute atomic E-state index is 0.0326. The van der Waals surface area contributed by atoms with Gasteiger partial charge in [0.1, 0.15) is 18.2 Å². The maximum absolute atomic E-state index is 6.12. The first-order chi connectivity index (χ1) is 14.3. The third-order valence-corrected chi connectivity index (χ3v) is 6.36. The number of hydrogen-bond donors (Lipinski definition) is 2. The van der Waals surface area contributed by atoms with Crippen molar-refractivity contribution in [2.24, 2.45) is 0 Å². The number of benzene rings is 1. The lowest BCUT2D eigenvalue weighted by Crippen LogP contribution is -2.50. The Hall–Kier alpha value is -2.10. The Bertz CT molecular complexity index is 841. The number of nitrogens with one attached hydrogen (secondary N) is 2. The van der Waals surface area contributed by atoms with Crippen LogP contribution in [0.3, 0.4) is 0 Å². The lowest BCUT2D eigenvalue weighted by Gasteiger charge is -2.26. The zero-order valence-electron chi connectivity index (χ0n) is 16.2. The van der Waals surface area contributed by atoms with Crippen LogP contribution < -0.4 is 10.6 Å². The van der Waals surface area contributed by atoms with E-state index in [1.54, 1.807) is 0 Å². The molecule has 9 heteroatoms. The Morgan fingerprint density at radius 1 is 1.00 bits per heavy atom. The van der Waals surface area contributed by atoms with E-state index >= 15 is 0 Å². The van der Waals surface area contributed by atoms with Gasteiger partial charge in [0.25, 0.3) is 0 Å². The molecular formula is C20H26N6O2S. The highest BCUT2D eigenvalue weighted by Gasteiger charge is 2.49. The Kier molecular flexibility index (Phi) is 5.43. The molecule has 0 spiro atoms. The van der Waals surface area contributed by atoms with Crippen LogP contribution in [-0.4, -0.2) is 62.8 Å². The molecule has 8 nitrogen and oxygen atoms in total. The summed E-state index contributed by atoms with van der Waals surface area (Å²) in [4.78, 5) is 0. The molecule has 1 aliphatic carbocycles. The Morgan fingerprint density at radius 2 is 1.79 bits per heavy atom. The summed E-state index contributed by atoms with van der Waals surface area (Å²) in [5.74, 6) is 0.731. The van der Waals surface area contributed by atoms with Crippen molar-refractivity contribution >= 4 is 17.3 Å². The number of fused-ring (bicyclic) bond motifs is 1. The standard InChI is InChI=1S/C20H26N6O2S/c29-20(21-14-9-5-2-6-10-14)22-15-11-27-18-16(12-28-17(15)18)26-19(23-24-25-26)13-7-3-1-4-8-13/h1,3-4,7-8,14-18H,2,5-6,9-12H2,(H2,21,22,29)/t15-,16+,17-,18+/m0/s1. The van der Waals surface area contributed by atoms with E-state index in [1.807, 2.05) is 35.0 Å². The number of aromatic nitrogens is 4. The Labute approximate surface area is 175 Å². The fourth-order valence-corrected chi connectivity index (χ4v) is 4.97. The predicted molar refractivity (Wildman–Crippen MR) is 111 cm³/mol. The van der Waals surface area contributed by atoms with E-state index in [0.717, 1.165) is 11.4 Å². The predicted octanol–water partition coefficient (Wildman–Crippen LogP) is 1.84. The van der Waals surface area contributed by atoms with Crippen LogP contribution in [0, 0.1) is 0 Å². The van der Waals surface area contributed by atoms with Crippen molar-refractivity contribution in [2.45, 2.75) is 62.4 Å². The summed E-state index contributed by atoms with van der Waals surface area (Å²) in [6, 6.07) is 10.4. The third-order valence-electron chi connectivity index (χ3n) is 6.12. The minimum Gasteiger partial charge on any atom is -0.371 e. The van der Waals surface area contributed by atoms with Gasteiger partial charge in [-0.3, -0.25) is 0 Å². The normalized spacial score (nSPS) is 29.5. The van der Waals surface area contributed by atoms with Gasteiger partial charge in [-0.05, 0) is 35.5 Å². The average Bonchev–Trinajstić information content (AvgIpc) is 3.47. The molecule has 0 radical (unpaired) electrons. The molecule has 2 aromatic rings. The van der Waals surface area contributed by atoms with Gasteiger partial charge in [-0.25, -0.2) is 4.68 Å². The molecule has 2 saturated heterocycles. The van der Waals surface area contributed by atoms with Gasteiger partial charge in [0, 0.05) is 11.6 Å². The highest BCUT2D eigenvalue weighted by molar-refractivity contribution is 7.80. The van der Waals surface area contributed by atoms with Crippen LogP contribution in [0.5, 0.6) is 0 Å². The maximum atomic E-state index is 6.12. The smallest absolute Gasteiger partial charge is 0.182 e. The van der Waals surface area contributed by atoms with Gasteiger partial charge in [-0.1, -0.05) is 49.6 Å². The first kappa shape index (κ1) is 18.9. The first-order valence-electron chi connectivity index (χ1n) is 10.4. The largest absolute Gasteiger partial charge is 0.371 e. The summed E-state index contributed by atoms with van der Waals surface area (Å²) in [5.41, 5.74) is 0.978. The van der Waals surface area contributed by atoms with E-state index in [0.29, 0.717) is 24.4 Å². The van der Waals surface area contributed by atoms with E-state index in [-0.39, 0.29) is 24.3 Å². The molecule has 1 aromatic heterocycles. The van der Waals surface area contributed by atoms with Crippen LogP contribution in [-0.2, 0) is 9.47 Å². The number of thiocarbonyl (C=S) groups is 1. The first-order valence-corrected chi connectivity index (χ1v) is 10.8. The number of rotatable bonds is 4. The molecule has 3 aliphatic rings. The van der Waals surface area contributed by atoms with E-state index in [9.17, 15) is 0 Å². The molecule has 1 aromatic carbocycles. The van der Waals surface area contributed by atoms with Crippen LogP contribution in [0.15, 0.2) is 30.3 Å². The molecule has 3 heterocycles. The molecule has 0 amide bonds. The number of tetrazole rings is 1. The van der Waals surface area contributed by atoms with Crippen molar-refractivity contribution in [3.05, 3.63) is 30.3 Å². The average molecular weight is 415 g/mol. The summed E-state index contributed by atoms with van der Waals surface area (Å²) in [7, 11) is 0. The molecule has 3 fully saturated rings. The van der Waals surface area contributed by atoms with E-state index in [4.69, 9.17) is 21.7 Å². The van der Waals surface area contributed by atoms with Gasteiger partial charge < -0.3 is 20.1 Å². The van der Waals surface area contributed by atoms with Crippen molar-refractivity contribution in [3.63, 3.8) is 0 Å². The molecular weight excluding hydrogens is 388 g/mol. The fourth-order valence-electron chi connectivity index (χ4n) is 4.65. The molecule has 2 N–H and O–H groups in total. The summed E-state index contributed by atoms with van der Waals surface area (Å²) in [6.45, 7) is 1.07. The van der Waals surface area contributed by atoms with E-state index in [1.165, 1.54) is 32.1 Å². The maximum Gasteiger partial charge on any atom is 0.182 e. The van der Waals surface area contributed by atoms with Crippen LogP contribution in [0.2, 0.25) is 0 Å². The summed E-state index contributed by atoms with van der Waals surface area (Å²) in [5, 5.41) is 19.9. The van der Waals surface area contributed by atoms with Crippen LogP contribution in [0.25, 0.3) is 11.4 Å². The highest BCUT2D eigenvalue weighted by atomic mass is 32.1. The summed E-state index contributed by atoms with van der Waals surface area (Å²) < 4.78 is 14.1. The van der Waals surface area contributed by atoms with Crippen molar-refractivity contribution in [3.8, 4) is 11.4 Å². The van der Waals surface area contributed by atoms with Gasteiger partial charge in [-0.2, -0.15) is 0 Å². The monoisotopic (exact) mass is 414 g/mol. The van der Waals surface area contributed by atoms with Crippen LogP contribution in [0.4, 0.5) is 0 Å². The lowest BCUT2D eigenvalue weighted by atomic mass is 9.96. The molecule has 0 unspecified atom stereocenters. The number of nitrogens with zero attached hydrogens (tertiary/aromatic N) is 4. The van der Waals surface area contributed by atoms with Crippen molar-refractivity contribution in [2.75, 3.05) is 13.2 Å². The van der Waals surface area contributed by atoms with Crippen LogP contribution >= 0.6 is 12.2 Å². The van der Waals surface area contributed by atoms with E-state index in [2.05, 4.69) is 26.2 Å². The second-order valence-electron chi connectivity index (χ2n) is 8.04. The van der Waals surface area contributed by atoms with Gasteiger partial charge in [-0.15, -0.1) is 5.10 Å². The van der Waals surface area contributed by atoms with E-state index < -0.39 is 0 Å². The molecule has 2 aliphatic heterocycles. The summed E-state index contributed by atoms with van der Waals surface area (Å²) in [6.07, 6.45) is 6.09. The van der Waals surface area contributed by atoms with Gasteiger partial charge in [0.05, 0.1) is 19.3 Å². The topological polar surface area (TPSA) is 86.1 Å². The molecule has 4 atom stereocenters. The van der Waals surface area contributed by atoms with Crippen molar-refractivity contribution in [1.29, 1.82) is 0 Å². The second-order valence-corrected chi connectivity index (χ2v) is 8.44. The fraction of sp³-hybridized carbons (Fsp3) is 0.600. The van der Waals surface area contributed by atoms with Gasteiger partial charge in [0.15, 0.2) is 10.9 Å². The molecule has 5 rings (SSSR count). The zero-order chi connectivity index (χ0) is 19.6. The zero-order valence-corrected chi connectivity index (χ0v) is 17.1. The summed E-state index contributed by atoms with van der Waals surface area (Å²) >= 11 is 5.55. The number of ether oxygens (including phenoxy) is 2. The Balaban J connectivity index is 1.24. The van der Waals surface area contributed by atoms with Gasteiger partial charge >= 0.3 is 0 Å². The van der Waals surface area contributed by atoms with Crippen molar-refractivity contribution in [1.82, 2.24) is 30.8 Å². The van der Waals surface area contributed by atoms with Crippen molar-refractivity contribution < 1.29 is 9.47 Å². The lowest BCUT2D eigenvalue weighted by molar-refractivity contribution is 0.0626. The third kappa shape index (κ3) is 3.86. The minimum atomic E-state index is -0.101. The molecule has 29 heavy (non-hydrogen) atoms. The number of hydrogen-bond acceptors (Lipinski definition) is 6. The molecule has 0 bridgehead atoms. The van der Waals surface area contributed by atoms with Crippen LogP contribution in [0.1, 0.15) is 38.1 Å². The second kappa shape index (κ2) is 8.33. The Morgan fingerprint density at radius 3 is 2.62 bits per heavy atom. The molecule has 154 valence electrons. The quantitative estimate of drug-likeness (QED) is 0.733. The van der Waals surface area contributed by atoms with Gasteiger partial charge in [0.2, 0.25) is 0 Å². The SMILES string of the molecule is S=C(NC1CCCCC1)N[C@H]1CO[C@H]2[C@H]1OC[C@H]2n1nnnc1-c1ccccc1.